The maximum atomic E-state index is 12.1. The molecule has 3 rings (SSSR count). The summed E-state index contributed by atoms with van der Waals surface area (Å²) in [5, 5.41) is 5.95. The highest BCUT2D eigenvalue weighted by atomic mass is 35.5. The van der Waals surface area contributed by atoms with Crippen molar-refractivity contribution >= 4 is 63.5 Å². The predicted molar refractivity (Wildman–Crippen MR) is 108 cm³/mol. The van der Waals surface area contributed by atoms with Crippen molar-refractivity contribution in [2.24, 2.45) is 0 Å². The molecule has 0 aliphatic carbocycles. The summed E-state index contributed by atoms with van der Waals surface area (Å²) < 4.78 is 0.545. The molecular formula is C18H17Cl2N3O3S. The lowest BCUT2D eigenvalue weighted by Crippen LogP contribution is -2.47. The summed E-state index contributed by atoms with van der Waals surface area (Å²) >= 11 is 13.3. The third-order valence-corrected chi connectivity index (χ3v) is 5.61. The molecule has 142 valence electrons. The Labute approximate surface area is 170 Å². The number of carbonyl (C=O) groups is 3. The standard InChI is InChI=1S/C18H17Cl2N3O3S/c19-12-9-11(1-2-13(12)23-8-7-21-18(26)10-23)22-17(25)6-3-14(24)15-4-5-16(20)27-15/h1-2,4-5,9H,3,6-8,10H2,(H,21,26)(H,22,25). The van der Waals surface area contributed by atoms with Gasteiger partial charge in [0.15, 0.2) is 5.78 Å². The number of rotatable bonds is 6. The van der Waals surface area contributed by atoms with Gasteiger partial charge in [-0.3, -0.25) is 14.4 Å². The van der Waals surface area contributed by atoms with Crippen LogP contribution in [-0.2, 0) is 9.59 Å². The molecule has 2 N–H and O–H groups in total. The van der Waals surface area contributed by atoms with Crippen LogP contribution in [0.15, 0.2) is 30.3 Å². The van der Waals surface area contributed by atoms with Gasteiger partial charge in [-0.25, -0.2) is 0 Å². The van der Waals surface area contributed by atoms with E-state index in [0.29, 0.717) is 33.0 Å². The van der Waals surface area contributed by atoms with E-state index in [9.17, 15) is 14.4 Å². The van der Waals surface area contributed by atoms with Crippen molar-refractivity contribution in [3.63, 3.8) is 0 Å². The van der Waals surface area contributed by atoms with E-state index in [1.54, 1.807) is 30.3 Å². The van der Waals surface area contributed by atoms with Gasteiger partial charge in [0.05, 0.1) is 26.5 Å². The Balaban J connectivity index is 1.55. The number of amides is 2. The number of hydrogen-bond acceptors (Lipinski definition) is 5. The Morgan fingerprint density at radius 2 is 2.00 bits per heavy atom. The quantitative estimate of drug-likeness (QED) is 0.692. The van der Waals surface area contributed by atoms with Crippen molar-refractivity contribution in [2.75, 3.05) is 29.9 Å². The number of hydrogen-bond donors (Lipinski definition) is 2. The molecule has 1 aromatic heterocycles. The molecule has 1 aliphatic rings. The van der Waals surface area contributed by atoms with Gasteiger partial charge in [-0.15, -0.1) is 11.3 Å². The molecule has 1 fully saturated rings. The number of carbonyl (C=O) groups excluding carboxylic acids is 3. The number of benzene rings is 1. The summed E-state index contributed by atoms with van der Waals surface area (Å²) in [7, 11) is 0. The smallest absolute Gasteiger partial charge is 0.239 e. The van der Waals surface area contributed by atoms with Crippen molar-refractivity contribution in [1.82, 2.24) is 5.32 Å². The highest BCUT2D eigenvalue weighted by Crippen LogP contribution is 2.29. The lowest BCUT2D eigenvalue weighted by Gasteiger charge is -2.29. The molecule has 2 aromatic rings. The topological polar surface area (TPSA) is 78.5 Å². The lowest BCUT2D eigenvalue weighted by molar-refractivity contribution is -0.120. The van der Waals surface area contributed by atoms with E-state index in [4.69, 9.17) is 23.2 Å². The van der Waals surface area contributed by atoms with Gasteiger partial charge in [-0.05, 0) is 30.3 Å². The zero-order valence-corrected chi connectivity index (χ0v) is 16.6. The summed E-state index contributed by atoms with van der Waals surface area (Å²) in [5.74, 6) is -0.433. The molecule has 0 bridgehead atoms. The van der Waals surface area contributed by atoms with Gasteiger partial charge in [-0.2, -0.15) is 0 Å². The molecular weight excluding hydrogens is 409 g/mol. The van der Waals surface area contributed by atoms with E-state index in [0.717, 1.165) is 5.69 Å². The van der Waals surface area contributed by atoms with Gasteiger partial charge >= 0.3 is 0 Å². The molecule has 0 saturated carbocycles. The highest BCUT2D eigenvalue weighted by Gasteiger charge is 2.19. The monoisotopic (exact) mass is 425 g/mol. The molecule has 1 aromatic carbocycles. The van der Waals surface area contributed by atoms with E-state index in [1.807, 2.05) is 4.90 Å². The second kappa shape index (κ2) is 8.73. The molecule has 2 amide bonds. The minimum atomic E-state index is -0.271. The van der Waals surface area contributed by atoms with Crippen LogP contribution >= 0.6 is 34.5 Å². The van der Waals surface area contributed by atoms with Gasteiger partial charge in [-0.1, -0.05) is 23.2 Å². The third-order valence-electron chi connectivity index (χ3n) is 4.04. The summed E-state index contributed by atoms with van der Waals surface area (Å²) in [5.41, 5.74) is 1.29. The molecule has 0 spiro atoms. The number of Topliss-reactive ketones (excluding diaryl/α,β-unsaturated/α-hetero) is 1. The second-order valence-electron chi connectivity index (χ2n) is 6.01. The van der Waals surface area contributed by atoms with Crippen molar-refractivity contribution < 1.29 is 14.4 Å². The maximum Gasteiger partial charge on any atom is 0.239 e. The summed E-state index contributed by atoms with van der Waals surface area (Å²) in [4.78, 5) is 38.1. The summed E-state index contributed by atoms with van der Waals surface area (Å²) in [6.07, 6.45) is 0.178. The lowest BCUT2D eigenvalue weighted by atomic mass is 10.2. The number of nitrogens with one attached hydrogen (secondary N) is 2. The van der Waals surface area contributed by atoms with E-state index in [1.165, 1.54) is 11.3 Å². The van der Waals surface area contributed by atoms with Crippen LogP contribution in [0.25, 0.3) is 0 Å². The van der Waals surface area contributed by atoms with Gasteiger partial charge in [0.2, 0.25) is 11.8 Å². The van der Waals surface area contributed by atoms with Crippen LogP contribution in [-0.4, -0.2) is 37.2 Å². The van der Waals surface area contributed by atoms with E-state index in [-0.39, 0.29) is 37.0 Å². The molecule has 2 heterocycles. The zero-order valence-electron chi connectivity index (χ0n) is 14.3. The summed E-state index contributed by atoms with van der Waals surface area (Å²) in [6.45, 7) is 1.49. The van der Waals surface area contributed by atoms with Crippen LogP contribution in [0.1, 0.15) is 22.5 Å². The number of anilines is 2. The predicted octanol–water partition coefficient (Wildman–Crippen LogP) is 3.59. The van der Waals surface area contributed by atoms with Crippen LogP contribution in [0.3, 0.4) is 0 Å². The fourth-order valence-electron chi connectivity index (χ4n) is 2.72. The maximum absolute atomic E-state index is 12.1. The number of halogens is 2. The van der Waals surface area contributed by atoms with E-state index < -0.39 is 0 Å². The van der Waals surface area contributed by atoms with E-state index >= 15 is 0 Å². The molecule has 0 atom stereocenters. The third kappa shape index (κ3) is 5.22. The average molecular weight is 426 g/mol. The Morgan fingerprint density at radius 3 is 2.67 bits per heavy atom. The molecule has 9 heteroatoms. The average Bonchev–Trinajstić information content (AvgIpc) is 3.06. The van der Waals surface area contributed by atoms with Gasteiger partial charge < -0.3 is 15.5 Å². The Morgan fingerprint density at radius 1 is 1.19 bits per heavy atom. The first-order valence-electron chi connectivity index (χ1n) is 8.32. The zero-order chi connectivity index (χ0) is 19.4. The Hall–Kier alpha value is -2.09. The fourth-order valence-corrected chi connectivity index (χ4v) is 4.03. The van der Waals surface area contributed by atoms with Crippen LogP contribution in [0.2, 0.25) is 9.36 Å². The van der Waals surface area contributed by atoms with Gasteiger partial charge in [0.25, 0.3) is 0 Å². The first kappa shape index (κ1) is 19.7. The largest absolute Gasteiger partial charge is 0.359 e. The molecule has 27 heavy (non-hydrogen) atoms. The molecule has 6 nitrogen and oxygen atoms in total. The second-order valence-corrected chi connectivity index (χ2v) is 8.14. The number of thiophene rings is 1. The van der Waals surface area contributed by atoms with Crippen LogP contribution in [0, 0.1) is 0 Å². The first-order valence-corrected chi connectivity index (χ1v) is 9.89. The molecule has 0 radical (unpaired) electrons. The Kier molecular flexibility index (Phi) is 6.36. The normalized spacial score (nSPS) is 14.0. The van der Waals surface area contributed by atoms with Crippen LogP contribution in [0.5, 0.6) is 0 Å². The first-order chi connectivity index (χ1) is 12.9. The van der Waals surface area contributed by atoms with Crippen molar-refractivity contribution in [2.45, 2.75) is 12.8 Å². The highest BCUT2D eigenvalue weighted by molar-refractivity contribution is 7.18. The Bertz CT molecular complexity index is 884. The number of piperazine rings is 1. The van der Waals surface area contributed by atoms with Gasteiger partial charge in [0.1, 0.15) is 0 Å². The molecule has 1 saturated heterocycles. The fraction of sp³-hybridized carbons (Fsp3) is 0.278. The van der Waals surface area contributed by atoms with Crippen molar-refractivity contribution in [1.29, 1.82) is 0 Å². The van der Waals surface area contributed by atoms with E-state index in [2.05, 4.69) is 10.6 Å². The number of ketones is 1. The summed E-state index contributed by atoms with van der Waals surface area (Å²) in [6, 6.07) is 8.46. The van der Waals surface area contributed by atoms with Crippen LogP contribution in [0.4, 0.5) is 11.4 Å². The molecule has 1 aliphatic heterocycles. The SMILES string of the molecule is O=C1CN(c2ccc(NC(=O)CCC(=O)c3ccc(Cl)s3)cc2Cl)CCN1. The minimum Gasteiger partial charge on any atom is -0.359 e. The van der Waals surface area contributed by atoms with Crippen molar-refractivity contribution in [3.05, 3.63) is 44.6 Å². The number of nitrogens with zero attached hydrogens (tertiary/aromatic N) is 1. The van der Waals surface area contributed by atoms with Crippen molar-refractivity contribution in [3.8, 4) is 0 Å². The minimum absolute atomic E-state index is 0.0496. The van der Waals surface area contributed by atoms with Gasteiger partial charge in [0, 0.05) is 31.6 Å². The van der Waals surface area contributed by atoms with Crippen LogP contribution < -0.4 is 15.5 Å². The molecule has 0 unspecified atom stereocenters.